The quantitative estimate of drug-likeness (QED) is 0.798. The molecule has 3 rings (SSSR count). The topological polar surface area (TPSA) is 84.9 Å². The molecule has 0 aliphatic heterocycles. The van der Waals surface area contributed by atoms with E-state index in [9.17, 15) is 14.7 Å². The molecule has 6 heteroatoms. The Morgan fingerprint density at radius 1 is 1.15 bits per heavy atom. The summed E-state index contributed by atoms with van der Waals surface area (Å²) >= 11 is 0. The average molecular weight is 355 g/mol. The lowest BCUT2D eigenvalue weighted by molar-refractivity contribution is -0.122. The first kappa shape index (κ1) is 17.8. The predicted octanol–water partition coefficient (Wildman–Crippen LogP) is 2.82. The molecule has 6 nitrogen and oxygen atoms in total. The third kappa shape index (κ3) is 3.79. The minimum atomic E-state index is -1.06. The highest BCUT2D eigenvalue weighted by molar-refractivity contribution is 5.91. The molecule has 1 aliphatic rings. The maximum Gasteiger partial charge on any atom is 0.339 e. The van der Waals surface area contributed by atoms with E-state index in [0.717, 1.165) is 23.3 Å². The van der Waals surface area contributed by atoms with E-state index in [-0.39, 0.29) is 29.9 Å². The Labute approximate surface area is 151 Å². The normalized spacial score (nSPS) is 18.1. The third-order valence-electron chi connectivity index (χ3n) is 4.61. The van der Waals surface area contributed by atoms with Crippen molar-refractivity contribution in [3.05, 3.63) is 59.2 Å². The van der Waals surface area contributed by atoms with Gasteiger partial charge in [0.25, 0.3) is 0 Å². The lowest BCUT2D eigenvalue weighted by Gasteiger charge is -2.09. The molecule has 0 bridgehead atoms. The number of carbonyl (C=O) groups is 2. The molecule has 2 atom stereocenters. The number of methoxy groups -OCH3 is 2. The van der Waals surface area contributed by atoms with Crippen LogP contribution in [0.1, 0.15) is 33.8 Å². The lowest BCUT2D eigenvalue weighted by Crippen LogP contribution is -2.25. The molecule has 0 aromatic heterocycles. The van der Waals surface area contributed by atoms with Gasteiger partial charge in [-0.25, -0.2) is 4.79 Å². The van der Waals surface area contributed by atoms with E-state index in [1.807, 2.05) is 24.3 Å². The van der Waals surface area contributed by atoms with Gasteiger partial charge in [-0.05, 0) is 47.7 Å². The zero-order valence-corrected chi connectivity index (χ0v) is 14.7. The van der Waals surface area contributed by atoms with Crippen LogP contribution in [0.15, 0.2) is 42.5 Å². The van der Waals surface area contributed by atoms with Gasteiger partial charge in [0, 0.05) is 12.5 Å². The number of aromatic carboxylic acids is 1. The number of carbonyl (C=O) groups excluding carboxylic acids is 1. The third-order valence-corrected chi connectivity index (χ3v) is 4.61. The van der Waals surface area contributed by atoms with Gasteiger partial charge in [0.15, 0.2) is 0 Å². The second-order valence-corrected chi connectivity index (χ2v) is 6.28. The van der Waals surface area contributed by atoms with E-state index >= 15 is 0 Å². The van der Waals surface area contributed by atoms with Crippen LogP contribution in [0.25, 0.3) is 0 Å². The molecule has 1 aliphatic carbocycles. The monoisotopic (exact) mass is 355 g/mol. The molecule has 2 N–H and O–H groups in total. The van der Waals surface area contributed by atoms with Gasteiger partial charge in [-0.3, -0.25) is 4.79 Å². The molecule has 136 valence electrons. The first-order valence-electron chi connectivity index (χ1n) is 8.35. The highest BCUT2D eigenvalue weighted by atomic mass is 16.5. The van der Waals surface area contributed by atoms with Crippen molar-refractivity contribution in [1.82, 2.24) is 5.32 Å². The zero-order chi connectivity index (χ0) is 18.7. The molecule has 0 spiro atoms. The predicted molar refractivity (Wildman–Crippen MR) is 95.6 cm³/mol. The van der Waals surface area contributed by atoms with Crippen LogP contribution in [0, 0.1) is 5.92 Å². The summed E-state index contributed by atoms with van der Waals surface area (Å²) in [4.78, 5) is 23.6. The SMILES string of the molecule is COc1cccc([C@H]2C[C@H]2C(=O)NCc2ccc(OC)c(C(=O)O)c2)c1. The summed E-state index contributed by atoms with van der Waals surface area (Å²) in [5.74, 6) is 0.150. The summed E-state index contributed by atoms with van der Waals surface area (Å²) in [6, 6.07) is 12.6. The number of hydrogen-bond acceptors (Lipinski definition) is 4. The first-order chi connectivity index (χ1) is 12.5. The number of amides is 1. The largest absolute Gasteiger partial charge is 0.497 e. The highest BCUT2D eigenvalue weighted by Crippen LogP contribution is 2.48. The van der Waals surface area contributed by atoms with Crippen LogP contribution in [0.4, 0.5) is 0 Å². The zero-order valence-electron chi connectivity index (χ0n) is 14.7. The first-order valence-corrected chi connectivity index (χ1v) is 8.35. The van der Waals surface area contributed by atoms with Crippen LogP contribution in [0.5, 0.6) is 11.5 Å². The number of benzene rings is 2. The number of carboxylic acids is 1. The van der Waals surface area contributed by atoms with Crippen molar-refractivity contribution in [3.8, 4) is 11.5 Å². The van der Waals surface area contributed by atoms with Crippen molar-refractivity contribution in [2.75, 3.05) is 14.2 Å². The summed E-state index contributed by atoms with van der Waals surface area (Å²) in [5.41, 5.74) is 1.90. The molecule has 0 heterocycles. The molecule has 2 aromatic rings. The molecule has 1 fully saturated rings. The van der Waals surface area contributed by atoms with Crippen molar-refractivity contribution in [1.29, 1.82) is 0 Å². The fourth-order valence-electron chi connectivity index (χ4n) is 3.08. The second-order valence-electron chi connectivity index (χ2n) is 6.28. The number of nitrogens with one attached hydrogen (secondary N) is 1. The molecular weight excluding hydrogens is 334 g/mol. The van der Waals surface area contributed by atoms with Gasteiger partial charge < -0.3 is 19.9 Å². The Morgan fingerprint density at radius 3 is 2.65 bits per heavy atom. The number of hydrogen-bond donors (Lipinski definition) is 2. The van der Waals surface area contributed by atoms with Gasteiger partial charge >= 0.3 is 5.97 Å². The van der Waals surface area contributed by atoms with Crippen molar-refractivity contribution < 1.29 is 24.2 Å². The number of carboxylic acid groups (broad SMARTS) is 1. The summed E-state index contributed by atoms with van der Waals surface area (Å²) in [7, 11) is 3.05. The standard InChI is InChI=1S/C20H21NO5/c1-25-14-5-3-4-13(9-14)15-10-16(15)19(22)21-11-12-6-7-18(26-2)17(8-12)20(23)24/h3-9,15-16H,10-11H2,1-2H3,(H,21,22)(H,23,24)/t15-,16-/m1/s1. The van der Waals surface area contributed by atoms with Crippen LogP contribution >= 0.6 is 0 Å². The highest BCUT2D eigenvalue weighted by Gasteiger charge is 2.43. The molecule has 1 amide bonds. The molecule has 2 aromatic carbocycles. The number of ether oxygens (including phenoxy) is 2. The van der Waals surface area contributed by atoms with Crippen LogP contribution in [0.2, 0.25) is 0 Å². The van der Waals surface area contributed by atoms with Crippen molar-refractivity contribution >= 4 is 11.9 Å². The van der Waals surface area contributed by atoms with Gasteiger partial charge in [-0.1, -0.05) is 18.2 Å². The van der Waals surface area contributed by atoms with Crippen molar-refractivity contribution in [2.24, 2.45) is 5.92 Å². The van der Waals surface area contributed by atoms with Crippen molar-refractivity contribution in [3.63, 3.8) is 0 Å². The minimum absolute atomic E-state index is 0.0227. The summed E-state index contributed by atoms with van der Waals surface area (Å²) < 4.78 is 10.3. The van der Waals surface area contributed by atoms with Gasteiger partial charge in [0.05, 0.1) is 14.2 Å². The number of rotatable bonds is 7. The van der Waals surface area contributed by atoms with Crippen LogP contribution in [-0.2, 0) is 11.3 Å². The van der Waals surface area contributed by atoms with Gasteiger partial charge in [-0.15, -0.1) is 0 Å². The fourth-order valence-corrected chi connectivity index (χ4v) is 3.08. The minimum Gasteiger partial charge on any atom is -0.497 e. The van der Waals surface area contributed by atoms with Crippen LogP contribution in [-0.4, -0.2) is 31.2 Å². The Kier molecular flexibility index (Phi) is 5.11. The maximum absolute atomic E-state index is 12.4. The average Bonchev–Trinajstić information content (AvgIpc) is 3.46. The van der Waals surface area contributed by atoms with E-state index < -0.39 is 5.97 Å². The second kappa shape index (κ2) is 7.47. The van der Waals surface area contributed by atoms with E-state index in [0.29, 0.717) is 5.75 Å². The van der Waals surface area contributed by atoms with E-state index in [1.165, 1.54) is 13.2 Å². The molecular formula is C20H21NO5. The Hall–Kier alpha value is -3.02. The molecule has 26 heavy (non-hydrogen) atoms. The van der Waals surface area contributed by atoms with Gasteiger partial charge in [0.2, 0.25) is 5.91 Å². The molecule has 0 saturated heterocycles. The fraction of sp³-hybridized carbons (Fsp3) is 0.300. The van der Waals surface area contributed by atoms with Crippen molar-refractivity contribution in [2.45, 2.75) is 18.9 Å². The Morgan fingerprint density at radius 2 is 1.96 bits per heavy atom. The lowest BCUT2D eigenvalue weighted by atomic mass is 10.1. The van der Waals surface area contributed by atoms with E-state index in [2.05, 4.69) is 5.32 Å². The summed E-state index contributed by atoms with van der Waals surface area (Å²) in [6.07, 6.45) is 0.808. The Balaban J connectivity index is 1.60. The summed E-state index contributed by atoms with van der Waals surface area (Å²) in [5, 5.41) is 12.1. The van der Waals surface area contributed by atoms with Crippen LogP contribution in [0.3, 0.4) is 0 Å². The Bertz CT molecular complexity index is 833. The van der Waals surface area contributed by atoms with Gasteiger partial charge in [-0.2, -0.15) is 0 Å². The molecule has 1 saturated carbocycles. The van der Waals surface area contributed by atoms with E-state index in [4.69, 9.17) is 9.47 Å². The molecule has 0 radical (unpaired) electrons. The maximum atomic E-state index is 12.4. The smallest absolute Gasteiger partial charge is 0.339 e. The van der Waals surface area contributed by atoms with Gasteiger partial charge in [0.1, 0.15) is 17.1 Å². The summed E-state index contributed by atoms with van der Waals surface area (Å²) in [6.45, 7) is 0.282. The molecule has 0 unspecified atom stereocenters. The van der Waals surface area contributed by atoms with Crippen LogP contribution < -0.4 is 14.8 Å². The van der Waals surface area contributed by atoms with E-state index in [1.54, 1.807) is 19.2 Å².